The third-order valence-corrected chi connectivity index (χ3v) is 4.60. The Labute approximate surface area is 125 Å². The van der Waals surface area contributed by atoms with Gasteiger partial charge in [-0.05, 0) is 49.9 Å². The number of carbonyl (C=O) groups is 1. The van der Waals surface area contributed by atoms with Crippen LogP contribution in [-0.2, 0) is 4.79 Å². The van der Waals surface area contributed by atoms with Gasteiger partial charge in [-0.3, -0.25) is 4.79 Å². The third kappa shape index (κ3) is 4.64. The quantitative estimate of drug-likeness (QED) is 0.763. The van der Waals surface area contributed by atoms with E-state index in [9.17, 15) is 4.79 Å². The minimum atomic E-state index is 0.138. The zero-order valence-corrected chi connectivity index (χ0v) is 13.9. The Hall–Kier alpha value is -0.830. The number of amides is 1. The molecule has 1 amide bonds. The molecule has 0 aromatic heterocycles. The van der Waals surface area contributed by atoms with Crippen molar-refractivity contribution in [3.05, 3.63) is 27.7 Å². The Bertz CT molecular complexity index is 413. The number of benzene rings is 1. The molecule has 0 saturated heterocycles. The van der Waals surface area contributed by atoms with E-state index in [4.69, 9.17) is 0 Å². The summed E-state index contributed by atoms with van der Waals surface area (Å²) in [6.07, 6.45) is 4.04. The number of anilines is 1. The molecule has 0 saturated carbocycles. The molecule has 19 heavy (non-hydrogen) atoms. The van der Waals surface area contributed by atoms with Crippen molar-refractivity contribution in [2.24, 2.45) is 5.92 Å². The molecule has 1 rings (SSSR count). The summed E-state index contributed by atoms with van der Waals surface area (Å²) in [7, 11) is 0. The van der Waals surface area contributed by atoms with Crippen molar-refractivity contribution in [2.45, 2.75) is 53.4 Å². The van der Waals surface area contributed by atoms with Crippen LogP contribution in [0.4, 0.5) is 5.69 Å². The minimum absolute atomic E-state index is 0.138. The van der Waals surface area contributed by atoms with Crippen molar-refractivity contribution in [2.75, 3.05) is 5.32 Å². The van der Waals surface area contributed by atoms with Gasteiger partial charge in [-0.15, -0.1) is 0 Å². The van der Waals surface area contributed by atoms with Gasteiger partial charge in [0.15, 0.2) is 0 Å². The van der Waals surface area contributed by atoms with Gasteiger partial charge in [-0.1, -0.05) is 42.6 Å². The minimum Gasteiger partial charge on any atom is -0.326 e. The largest absolute Gasteiger partial charge is 0.326 e. The normalized spacial score (nSPS) is 10.8. The van der Waals surface area contributed by atoms with Crippen LogP contribution in [0.15, 0.2) is 16.6 Å². The highest BCUT2D eigenvalue weighted by atomic mass is 79.9. The lowest BCUT2D eigenvalue weighted by Gasteiger charge is -2.16. The van der Waals surface area contributed by atoms with Crippen molar-refractivity contribution < 1.29 is 4.79 Å². The highest BCUT2D eigenvalue weighted by Gasteiger charge is 2.17. The molecule has 3 heteroatoms. The van der Waals surface area contributed by atoms with Crippen LogP contribution in [0.2, 0.25) is 0 Å². The van der Waals surface area contributed by atoms with E-state index in [-0.39, 0.29) is 11.8 Å². The molecule has 1 N–H and O–H groups in total. The first-order valence-electron chi connectivity index (χ1n) is 7.07. The first kappa shape index (κ1) is 16.2. The molecule has 1 aromatic carbocycles. The molecular formula is C16H24BrNO. The summed E-state index contributed by atoms with van der Waals surface area (Å²) in [6, 6.07) is 4.04. The average molecular weight is 326 g/mol. The highest BCUT2D eigenvalue weighted by molar-refractivity contribution is 9.10. The average Bonchev–Trinajstić information content (AvgIpc) is 2.35. The summed E-state index contributed by atoms with van der Waals surface area (Å²) in [6.45, 7) is 8.35. The second-order valence-corrected chi connectivity index (χ2v) is 5.98. The molecule has 2 nitrogen and oxygen atoms in total. The monoisotopic (exact) mass is 325 g/mol. The predicted molar refractivity (Wildman–Crippen MR) is 85.6 cm³/mol. The lowest BCUT2D eigenvalue weighted by Crippen LogP contribution is -2.22. The smallest absolute Gasteiger partial charge is 0.227 e. The summed E-state index contributed by atoms with van der Waals surface area (Å²) in [5.41, 5.74) is 3.20. The first-order chi connectivity index (χ1) is 8.99. The third-order valence-electron chi connectivity index (χ3n) is 3.35. The first-order valence-corrected chi connectivity index (χ1v) is 7.86. The number of rotatable bonds is 6. The Morgan fingerprint density at radius 2 is 1.63 bits per heavy atom. The summed E-state index contributed by atoms with van der Waals surface area (Å²) >= 11 is 3.55. The molecule has 0 spiro atoms. The lowest BCUT2D eigenvalue weighted by molar-refractivity contribution is -0.120. The summed E-state index contributed by atoms with van der Waals surface area (Å²) < 4.78 is 1.11. The second-order valence-electron chi connectivity index (χ2n) is 5.19. The molecule has 0 fully saturated rings. The van der Waals surface area contributed by atoms with Crippen LogP contribution in [0.1, 0.15) is 50.7 Å². The predicted octanol–water partition coefficient (Wildman–Crippen LogP) is 5.22. The highest BCUT2D eigenvalue weighted by Crippen LogP contribution is 2.26. The van der Waals surface area contributed by atoms with Crippen LogP contribution < -0.4 is 5.32 Å². The van der Waals surface area contributed by atoms with Gasteiger partial charge in [-0.25, -0.2) is 0 Å². The fourth-order valence-corrected chi connectivity index (χ4v) is 2.59. The fourth-order valence-electron chi connectivity index (χ4n) is 2.37. The molecule has 0 heterocycles. The van der Waals surface area contributed by atoms with Crippen LogP contribution in [0.3, 0.4) is 0 Å². The van der Waals surface area contributed by atoms with Crippen molar-refractivity contribution in [3.63, 3.8) is 0 Å². The van der Waals surface area contributed by atoms with Gasteiger partial charge < -0.3 is 5.32 Å². The van der Waals surface area contributed by atoms with Crippen LogP contribution in [-0.4, -0.2) is 5.91 Å². The molecule has 106 valence electrons. The standard InChI is InChI=1S/C16H24BrNO/c1-5-7-13(8-6-2)16(19)18-14-9-11(3)15(17)12(4)10-14/h9-10,13H,5-8H2,1-4H3,(H,18,19). The number of nitrogens with one attached hydrogen (secondary N) is 1. The van der Waals surface area contributed by atoms with E-state index in [2.05, 4.69) is 35.1 Å². The maximum absolute atomic E-state index is 12.3. The van der Waals surface area contributed by atoms with Gasteiger partial charge >= 0.3 is 0 Å². The molecule has 0 aliphatic rings. The summed E-state index contributed by atoms with van der Waals surface area (Å²) in [5, 5.41) is 3.06. The van der Waals surface area contributed by atoms with Crippen molar-refractivity contribution >= 4 is 27.5 Å². The molecule has 1 aromatic rings. The maximum Gasteiger partial charge on any atom is 0.227 e. The maximum atomic E-state index is 12.3. The number of aryl methyl sites for hydroxylation is 2. The van der Waals surface area contributed by atoms with Crippen molar-refractivity contribution in [1.82, 2.24) is 0 Å². The van der Waals surface area contributed by atoms with Crippen LogP contribution >= 0.6 is 15.9 Å². The van der Waals surface area contributed by atoms with Crippen LogP contribution in [0, 0.1) is 19.8 Å². The molecule has 0 aliphatic heterocycles. The van der Waals surface area contributed by atoms with Crippen molar-refractivity contribution in [1.29, 1.82) is 0 Å². The van der Waals surface area contributed by atoms with Gasteiger partial charge in [-0.2, -0.15) is 0 Å². The zero-order chi connectivity index (χ0) is 14.4. The van der Waals surface area contributed by atoms with E-state index < -0.39 is 0 Å². The number of hydrogen-bond donors (Lipinski definition) is 1. The van der Waals surface area contributed by atoms with Gasteiger partial charge in [0.25, 0.3) is 0 Å². The topological polar surface area (TPSA) is 29.1 Å². The fraction of sp³-hybridized carbons (Fsp3) is 0.562. The number of carbonyl (C=O) groups excluding carboxylic acids is 1. The van der Waals surface area contributed by atoms with Gasteiger partial charge in [0.2, 0.25) is 5.91 Å². The Morgan fingerprint density at radius 1 is 1.16 bits per heavy atom. The van der Waals surface area contributed by atoms with Gasteiger partial charge in [0, 0.05) is 16.1 Å². The number of hydrogen-bond acceptors (Lipinski definition) is 1. The molecule has 0 atom stereocenters. The van der Waals surface area contributed by atoms with E-state index >= 15 is 0 Å². The van der Waals surface area contributed by atoms with E-state index in [1.165, 1.54) is 0 Å². The lowest BCUT2D eigenvalue weighted by atomic mass is 9.97. The van der Waals surface area contributed by atoms with Gasteiger partial charge in [0.1, 0.15) is 0 Å². The van der Waals surface area contributed by atoms with E-state index in [0.717, 1.165) is 47.0 Å². The zero-order valence-electron chi connectivity index (χ0n) is 12.3. The molecule has 0 bridgehead atoms. The molecular weight excluding hydrogens is 302 g/mol. The second kappa shape index (κ2) is 7.68. The van der Waals surface area contributed by atoms with Crippen molar-refractivity contribution in [3.8, 4) is 0 Å². The molecule has 0 aliphatic carbocycles. The van der Waals surface area contributed by atoms with Crippen LogP contribution in [0.25, 0.3) is 0 Å². The summed E-state index contributed by atoms with van der Waals surface area (Å²) in [5.74, 6) is 0.295. The van der Waals surface area contributed by atoms with Crippen LogP contribution in [0.5, 0.6) is 0 Å². The van der Waals surface area contributed by atoms with E-state index in [0.29, 0.717) is 0 Å². The Morgan fingerprint density at radius 3 is 2.05 bits per heavy atom. The van der Waals surface area contributed by atoms with E-state index in [1.54, 1.807) is 0 Å². The van der Waals surface area contributed by atoms with Gasteiger partial charge in [0.05, 0.1) is 0 Å². The molecule has 0 unspecified atom stereocenters. The SMILES string of the molecule is CCCC(CCC)C(=O)Nc1cc(C)c(Br)c(C)c1. The Kier molecular flexibility index (Phi) is 6.56. The number of halogens is 1. The van der Waals surface area contributed by atoms with E-state index in [1.807, 2.05) is 26.0 Å². The molecule has 0 radical (unpaired) electrons. The summed E-state index contributed by atoms with van der Waals surface area (Å²) in [4.78, 5) is 12.3. The Balaban J connectivity index is 2.80.